The van der Waals surface area contributed by atoms with Gasteiger partial charge in [0, 0.05) is 37.4 Å². The van der Waals surface area contributed by atoms with Crippen LogP contribution in [0.1, 0.15) is 12.7 Å². The number of rotatable bonds is 6. The van der Waals surface area contributed by atoms with E-state index in [2.05, 4.69) is 10.3 Å². The highest BCUT2D eigenvalue weighted by Gasteiger charge is 2.14. The number of halogens is 1. The van der Waals surface area contributed by atoms with E-state index in [0.29, 0.717) is 23.7 Å². The Balaban J connectivity index is 1.79. The van der Waals surface area contributed by atoms with Crippen LogP contribution in [-0.2, 0) is 18.3 Å². The van der Waals surface area contributed by atoms with E-state index in [4.69, 9.17) is 16.3 Å². The molecule has 5 nitrogen and oxygen atoms in total. The lowest BCUT2D eigenvalue weighted by molar-refractivity contribution is -0.127. The van der Waals surface area contributed by atoms with Crippen molar-refractivity contribution in [1.29, 1.82) is 0 Å². The van der Waals surface area contributed by atoms with Gasteiger partial charge >= 0.3 is 0 Å². The summed E-state index contributed by atoms with van der Waals surface area (Å²) in [5, 5.41) is 3.41. The van der Waals surface area contributed by atoms with Gasteiger partial charge in [0.25, 0.3) is 5.91 Å². The fourth-order valence-electron chi connectivity index (χ4n) is 1.88. The second-order valence-corrected chi connectivity index (χ2v) is 5.15. The molecule has 2 aromatic rings. The van der Waals surface area contributed by atoms with E-state index in [-0.39, 0.29) is 5.91 Å². The number of carbonyl (C=O) groups excluding carboxylic acids is 1. The standard InChI is InChI=1S/C15H18ClN3O2/c1-11(21-13-5-3-4-12(16)10-13)15(20)18-7-6-14-17-8-9-19(14)2/h3-5,8-11H,6-7H2,1-2H3,(H,18,20)/t11-/m0/s1. The molecular formula is C15H18ClN3O2. The van der Waals surface area contributed by atoms with Crippen LogP contribution in [0, 0.1) is 0 Å². The number of hydrogen-bond donors (Lipinski definition) is 1. The number of benzene rings is 1. The Hall–Kier alpha value is -2.01. The van der Waals surface area contributed by atoms with Crippen LogP contribution in [0.25, 0.3) is 0 Å². The first kappa shape index (κ1) is 15.4. The Morgan fingerprint density at radius 2 is 2.33 bits per heavy atom. The van der Waals surface area contributed by atoms with Crippen LogP contribution < -0.4 is 10.1 Å². The smallest absolute Gasteiger partial charge is 0.260 e. The molecule has 0 saturated carbocycles. The molecule has 0 spiro atoms. The maximum Gasteiger partial charge on any atom is 0.260 e. The van der Waals surface area contributed by atoms with Crippen molar-refractivity contribution in [3.8, 4) is 5.75 Å². The molecular weight excluding hydrogens is 290 g/mol. The molecule has 1 N–H and O–H groups in total. The van der Waals surface area contributed by atoms with Crippen LogP contribution in [0.15, 0.2) is 36.7 Å². The summed E-state index contributed by atoms with van der Waals surface area (Å²) in [6, 6.07) is 6.98. The van der Waals surface area contributed by atoms with Crippen LogP contribution in [0.3, 0.4) is 0 Å². The SMILES string of the molecule is C[C@H](Oc1cccc(Cl)c1)C(=O)NCCc1nccn1C. The monoisotopic (exact) mass is 307 g/mol. The molecule has 1 aromatic carbocycles. The maximum atomic E-state index is 11.9. The van der Waals surface area contributed by atoms with Crippen LogP contribution >= 0.6 is 11.6 Å². The zero-order valence-electron chi connectivity index (χ0n) is 12.0. The number of nitrogens with one attached hydrogen (secondary N) is 1. The summed E-state index contributed by atoms with van der Waals surface area (Å²) in [6.07, 6.45) is 3.72. The molecule has 6 heteroatoms. The highest BCUT2D eigenvalue weighted by atomic mass is 35.5. The Labute approximate surface area is 128 Å². The van der Waals surface area contributed by atoms with Crippen molar-refractivity contribution < 1.29 is 9.53 Å². The van der Waals surface area contributed by atoms with E-state index in [1.165, 1.54) is 0 Å². The van der Waals surface area contributed by atoms with Crippen molar-refractivity contribution in [2.24, 2.45) is 7.05 Å². The summed E-state index contributed by atoms with van der Waals surface area (Å²) in [5.41, 5.74) is 0. The third-order valence-electron chi connectivity index (χ3n) is 3.05. The number of amides is 1. The third-order valence-corrected chi connectivity index (χ3v) is 3.28. The molecule has 0 saturated heterocycles. The molecule has 0 aliphatic rings. The number of hydrogen-bond acceptors (Lipinski definition) is 3. The van der Waals surface area contributed by atoms with Gasteiger partial charge in [-0.2, -0.15) is 0 Å². The molecule has 0 bridgehead atoms. The number of ether oxygens (including phenoxy) is 1. The summed E-state index contributed by atoms with van der Waals surface area (Å²) >= 11 is 5.87. The number of nitrogens with zero attached hydrogens (tertiary/aromatic N) is 2. The topological polar surface area (TPSA) is 56.1 Å². The molecule has 112 valence electrons. The van der Waals surface area contributed by atoms with E-state index < -0.39 is 6.10 Å². The Kier molecular flexibility index (Phi) is 5.22. The van der Waals surface area contributed by atoms with Crippen molar-refractivity contribution in [2.45, 2.75) is 19.4 Å². The average molecular weight is 308 g/mol. The zero-order valence-corrected chi connectivity index (χ0v) is 12.8. The molecule has 21 heavy (non-hydrogen) atoms. The lowest BCUT2D eigenvalue weighted by Crippen LogP contribution is -2.37. The molecule has 1 heterocycles. The van der Waals surface area contributed by atoms with E-state index in [0.717, 1.165) is 5.82 Å². The Morgan fingerprint density at radius 3 is 3.00 bits per heavy atom. The lowest BCUT2D eigenvalue weighted by atomic mass is 10.3. The quantitative estimate of drug-likeness (QED) is 0.890. The molecule has 0 aliphatic carbocycles. The predicted octanol–water partition coefficient (Wildman–Crippen LogP) is 2.20. The minimum absolute atomic E-state index is 0.163. The van der Waals surface area contributed by atoms with Gasteiger partial charge < -0.3 is 14.6 Å². The van der Waals surface area contributed by atoms with E-state index >= 15 is 0 Å². The molecule has 0 unspecified atom stereocenters. The minimum Gasteiger partial charge on any atom is -0.481 e. The molecule has 0 aliphatic heterocycles. The lowest BCUT2D eigenvalue weighted by Gasteiger charge is -2.14. The highest BCUT2D eigenvalue weighted by molar-refractivity contribution is 6.30. The summed E-state index contributed by atoms with van der Waals surface area (Å²) in [7, 11) is 1.93. The van der Waals surface area contributed by atoms with Gasteiger partial charge in [-0.25, -0.2) is 4.98 Å². The fraction of sp³-hybridized carbons (Fsp3) is 0.333. The van der Waals surface area contributed by atoms with Crippen molar-refractivity contribution in [3.63, 3.8) is 0 Å². The van der Waals surface area contributed by atoms with Crippen molar-refractivity contribution in [3.05, 3.63) is 47.5 Å². The maximum absolute atomic E-state index is 11.9. The van der Waals surface area contributed by atoms with Gasteiger partial charge in [-0.15, -0.1) is 0 Å². The van der Waals surface area contributed by atoms with Crippen molar-refractivity contribution >= 4 is 17.5 Å². The number of carbonyl (C=O) groups is 1. The first-order valence-electron chi connectivity index (χ1n) is 6.72. The molecule has 1 aromatic heterocycles. The van der Waals surface area contributed by atoms with Crippen LogP contribution in [0.5, 0.6) is 5.75 Å². The van der Waals surface area contributed by atoms with Gasteiger partial charge in [0.2, 0.25) is 0 Å². The van der Waals surface area contributed by atoms with Crippen molar-refractivity contribution in [1.82, 2.24) is 14.9 Å². The number of aromatic nitrogens is 2. The molecule has 0 fully saturated rings. The molecule has 1 amide bonds. The van der Waals surface area contributed by atoms with Gasteiger partial charge in [0.1, 0.15) is 11.6 Å². The van der Waals surface area contributed by atoms with Gasteiger partial charge in [-0.1, -0.05) is 17.7 Å². The van der Waals surface area contributed by atoms with E-state index in [1.54, 1.807) is 37.4 Å². The van der Waals surface area contributed by atoms with E-state index in [1.807, 2.05) is 17.8 Å². The Morgan fingerprint density at radius 1 is 1.52 bits per heavy atom. The summed E-state index contributed by atoms with van der Waals surface area (Å²) in [6.45, 7) is 2.23. The first-order chi connectivity index (χ1) is 10.1. The second kappa shape index (κ2) is 7.13. The van der Waals surface area contributed by atoms with Gasteiger partial charge in [-0.05, 0) is 25.1 Å². The third kappa shape index (κ3) is 4.49. The summed E-state index contributed by atoms with van der Waals surface area (Å²) < 4.78 is 7.48. The largest absolute Gasteiger partial charge is 0.481 e. The van der Waals surface area contributed by atoms with Gasteiger partial charge in [-0.3, -0.25) is 4.79 Å². The van der Waals surface area contributed by atoms with Crippen LogP contribution in [-0.4, -0.2) is 28.1 Å². The average Bonchev–Trinajstić information content (AvgIpc) is 2.84. The second-order valence-electron chi connectivity index (χ2n) is 4.71. The Bertz CT molecular complexity index is 612. The summed E-state index contributed by atoms with van der Waals surface area (Å²) in [5.74, 6) is 1.34. The first-order valence-corrected chi connectivity index (χ1v) is 7.10. The van der Waals surface area contributed by atoms with Gasteiger partial charge in [0.05, 0.1) is 0 Å². The van der Waals surface area contributed by atoms with Crippen LogP contribution in [0.4, 0.5) is 0 Å². The number of imidazole rings is 1. The highest BCUT2D eigenvalue weighted by Crippen LogP contribution is 2.18. The summed E-state index contributed by atoms with van der Waals surface area (Å²) in [4.78, 5) is 16.2. The number of aryl methyl sites for hydroxylation is 1. The predicted molar refractivity (Wildman–Crippen MR) is 81.5 cm³/mol. The minimum atomic E-state index is -0.579. The fourth-order valence-corrected chi connectivity index (χ4v) is 2.06. The zero-order chi connectivity index (χ0) is 15.2. The van der Waals surface area contributed by atoms with Crippen LogP contribution in [0.2, 0.25) is 5.02 Å². The van der Waals surface area contributed by atoms with Crippen molar-refractivity contribution in [2.75, 3.05) is 6.54 Å². The van der Waals surface area contributed by atoms with E-state index in [9.17, 15) is 4.79 Å². The molecule has 1 atom stereocenters. The normalized spacial score (nSPS) is 12.0. The molecule has 2 rings (SSSR count). The van der Waals surface area contributed by atoms with Gasteiger partial charge in [0.15, 0.2) is 6.10 Å². The molecule has 0 radical (unpaired) electrons.